The molecule has 0 spiro atoms. The summed E-state index contributed by atoms with van der Waals surface area (Å²) in [5.41, 5.74) is 0. The van der Waals surface area contributed by atoms with Gasteiger partial charge in [-0.15, -0.1) is 0 Å². The maximum atomic E-state index is 11.5. The van der Waals surface area contributed by atoms with Crippen LogP contribution in [0.5, 0.6) is 0 Å². The van der Waals surface area contributed by atoms with E-state index in [0.717, 1.165) is 19.4 Å². The topological polar surface area (TPSA) is 60.9 Å². The first-order chi connectivity index (χ1) is 7.84. The van der Waals surface area contributed by atoms with E-state index in [2.05, 4.69) is 4.90 Å². The molecule has 0 bridgehead atoms. The molecule has 2 unspecified atom stereocenters. The molecule has 1 heterocycles. The van der Waals surface area contributed by atoms with Gasteiger partial charge in [0.15, 0.2) is 0 Å². The number of rotatable bonds is 5. The summed E-state index contributed by atoms with van der Waals surface area (Å²) < 4.78 is 24.5. The van der Waals surface area contributed by atoms with Crippen LogP contribution in [0.2, 0.25) is 0 Å². The Bertz CT molecular complexity index is 332. The fraction of sp³-hybridized carbons (Fsp3) is 1.00. The van der Waals surface area contributed by atoms with Gasteiger partial charge in [0.05, 0.1) is 12.9 Å². The molecule has 1 rings (SSSR count). The van der Waals surface area contributed by atoms with Crippen molar-refractivity contribution in [2.75, 3.05) is 39.5 Å². The monoisotopic (exact) mass is 264 g/mol. The Balaban J connectivity index is 2.50. The lowest BCUT2D eigenvalue weighted by Gasteiger charge is -2.34. The second-order valence-corrected chi connectivity index (χ2v) is 7.08. The lowest BCUT2D eigenvalue weighted by Crippen LogP contribution is -2.44. The number of nitrogens with zero attached hydrogens (tertiary/aromatic N) is 2. The van der Waals surface area contributed by atoms with Crippen molar-refractivity contribution >= 4 is 10.0 Å². The van der Waals surface area contributed by atoms with Crippen LogP contribution in [-0.2, 0) is 10.0 Å². The molecule has 0 saturated carbocycles. The zero-order chi connectivity index (χ0) is 13.1. The molecule has 5 nitrogen and oxygen atoms in total. The molecular weight excluding hydrogens is 240 g/mol. The standard InChI is InChI=1S/C11H24N2O3S/c1-10(9-14)12(2)7-11-5-4-6-13(8-11)17(3,15)16/h10-11,14H,4-9H2,1-3H3. The molecule has 1 aliphatic heterocycles. The van der Waals surface area contributed by atoms with Crippen molar-refractivity contribution in [2.45, 2.75) is 25.8 Å². The third-order valence-corrected chi connectivity index (χ3v) is 4.78. The highest BCUT2D eigenvalue weighted by atomic mass is 32.2. The normalized spacial score (nSPS) is 25.1. The van der Waals surface area contributed by atoms with E-state index in [9.17, 15) is 8.42 Å². The van der Waals surface area contributed by atoms with Gasteiger partial charge in [0.1, 0.15) is 0 Å². The molecule has 1 aliphatic rings. The highest BCUT2D eigenvalue weighted by Crippen LogP contribution is 2.19. The first-order valence-corrected chi connectivity index (χ1v) is 7.95. The van der Waals surface area contributed by atoms with Crippen LogP contribution in [0, 0.1) is 5.92 Å². The Labute approximate surface area is 104 Å². The van der Waals surface area contributed by atoms with Gasteiger partial charge >= 0.3 is 0 Å². The zero-order valence-corrected chi connectivity index (χ0v) is 11.8. The molecule has 0 aromatic rings. The highest BCUT2D eigenvalue weighted by Gasteiger charge is 2.27. The summed E-state index contributed by atoms with van der Waals surface area (Å²) in [4.78, 5) is 2.09. The Kier molecular flexibility index (Phi) is 5.37. The van der Waals surface area contributed by atoms with Gasteiger partial charge in [-0.2, -0.15) is 0 Å². The first kappa shape index (κ1) is 14.9. The molecule has 0 radical (unpaired) electrons. The Morgan fingerprint density at radius 3 is 2.71 bits per heavy atom. The summed E-state index contributed by atoms with van der Waals surface area (Å²) >= 11 is 0. The number of hydrogen-bond acceptors (Lipinski definition) is 4. The first-order valence-electron chi connectivity index (χ1n) is 6.10. The quantitative estimate of drug-likeness (QED) is 0.757. The maximum absolute atomic E-state index is 11.5. The smallest absolute Gasteiger partial charge is 0.211 e. The van der Waals surface area contributed by atoms with Crippen molar-refractivity contribution in [3.8, 4) is 0 Å². The van der Waals surface area contributed by atoms with Crippen LogP contribution in [0.25, 0.3) is 0 Å². The molecule has 1 fully saturated rings. The molecule has 0 amide bonds. The third kappa shape index (κ3) is 4.54. The number of hydrogen-bond donors (Lipinski definition) is 1. The van der Waals surface area contributed by atoms with E-state index in [1.165, 1.54) is 6.26 Å². The predicted octanol–water partition coefficient (Wildman–Crippen LogP) is -0.0294. The van der Waals surface area contributed by atoms with Crippen molar-refractivity contribution < 1.29 is 13.5 Å². The molecule has 1 N–H and O–H groups in total. The number of piperidine rings is 1. The number of aliphatic hydroxyl groups is 1. The van der Waals surface area contributed by atoms with Gasteiger partial charge in [-0.05, 0) is 32.7 Å². The molecule has 0 aliphatic carbocycles. The highest BCUT2D eigenvalue weighted by molar-refractivity contribution is 7.88. The molecule has 17 heavy (non-hydrogen) atoms. The van der Waals surface area contributed by atoms with Gasteiger partial charge in [0.2, 0.25) is 10.0 Å². The molecule has 6 heteroatoms. The van der Waals surface area contributed by atoms with Crippen molar-refractivity contribution in [2.24, 2.45) is 5.92 Å². The van der Waals surface area contributed by atoms with Crippen LogP contribution < -0.4 is 0 Å². The van der Waals surface area contributed by atoms with Gasteiger partial charge in [0, 0.05) is 25.7 Å². The lowest BCUT2D eigenvalue weighted by molar-refractivity contribution is 0.125. The minimum Gasteiger partial charge on any atom is -0.395 e. The van der Waals surface area contributed by atoms with Crippen LogP contribution in [0.4, 0.5) is 0 Å². The fourth-order valence-electron chi connectivity index (χ4n) is 2.20. The van der Waals surface area contributed by atoms with E-state index in [0.29, 0.717) is 19.0 Å². The van der Waals surface area contributed by atoms with Crippen molar-refractivity contribution in [1.82, 2.24) is 9.21 Å². The van der Waals surface area contributed by atoms with Crippen LogP contribution in [0.1, 0.15) is 19.8 Å². The summed E-state index contributed by atoms with van der Waals surface area (Å²) in [6.07, 6.45) is 3.27. The van der Waals surface area contributed by atoms with Gasteiger partial charge < -0.3 is 10.0 Å². The van der Waals surface area contributed by atoms with Gasteiger partial charge in [0.25, 0.3) is 0 Å². The molecule has 102 valence electrons. The van der Waals surface area contributed by atoms with Crippen molar-refractivity contribution in [1.29, 1.82) is 0 Å². The van der Waals surface area contributed by atoms with Gasteiger partial charge in [-0.1, -0.05) is 0 Å². The van der Waals surface area contributed by atoms with Gasteiger partial charge in [-0.3, -0.25) is 0 Å². The Hall–Kier alpha value is -0.170. The predicted molar refractivity (Wildman–Crippen MR) is 68.3 cm³/mol. The minimum absolute atomic E-state index is 0.128. The number of aliphatic hydroxyl groups excluding tert-OH is 1. The minimum atomic E-state index is -3.05. The van der Waals surface area contributed by atoms with Crippen molar-refractivity contribution in [3.63, 3.8) is 0 Å². The van der Waals surface area contributed by atoms with E-state index in [1.807, 2.05) is 14.0 Å². The summed E-state index contributed by atoms with van der Waals surface area (Å²) in [5, 5.41) is 9.07. The number of sulfonamides is 1. The summed E-state index contributed by atoms with van der Waals surface area (Å²) in [6, 6.07) is 0.128. The second kappa shape index (κ2) is 6.13. The Morgan fingerprint density at radius 2 is 2.18 bits per heavy atom. The van der Waals surface area contributed by atoms with Crippen LogP contribution in [0.15, 0.2) is 0 Å². The second-order valence-electron chi connectivity index (χ2n) is 5.10. The SMILES string of the molecule is CC(CO)N(C)CC1CCCN(S(C)(=O)=O)C1. The third-order valence-electron chi connectivity index (χ3n) is 3.51. The van der Waals surface area contributed by atoms with Crippen LogP contribution >= 0.6 is 0 Å². The Morgan fingerprint density at radius 1 is 1.53 bits per heavy atom. The number of likely N-dealkylation sites (N-methyl/N-ethyl adjacent to an activating group) is 1. The molecule has 0 aromatic heterocycles. The van der Waals surface area contributed by atoms with E-state index in [-0.39, 0.29) is 12.6 Å². The van der Waals surface area contributed by atoms with E-state index in [4.69, 9.17) is 5.11 Å². The summed E-state index contributed by atoms with van der Waals surface area (Å²) in [6.45, 7) is 4.21. The van der Waals surface area contributed by atoms with E-state index >= 15 is 0 Å². The van der Waals surface area contributed by atoms with E-state index in [1.54, 1.807) is 4.31 Å². The largest absolute Gasteiger partial charge is 0.395 e. The molecular formula is C11H24N2O3S. The van der Waals surface area contributed by atoms with E-state index < -0.39 is 10.0 Å². The molecule has 2 atom stereocenters. The summed E-state index contributed by atoms with van der Waals surface area (Å²) in [7, 11) is -1.08. The average Bonchev–Trinajstić information content (AvgIpc) is 2.27. The molecule has 0 aromatic carbocycles. The lowest BCUT2D eigenvalue weighted by atomic mass is 9.99. The average molecular weight is 264 g/mol. The van der Waals surface area contributed by atoms with Crippen LogP contribution in [-0.4, -0.2) is 68.3 Å². The van der Waals surface area contributed by atoms with Gasteiger partial charge in [-0.25, -0.2) is 12.7 Å². The molecule has 1 saturated heterocycles. The van der Waals surface area contributed by atoms with Crippen molar-refractivity contribution in [3.05, 3.63) is 0 Å². The van der Waals surface area contributed by atoms with Crippen LogP contribution in [0.3, 0.4) is 0 Å². The zero-order valence-electron chi connectivity index (χ0n) is 11.0. The fourth-order valence-corrected chi connectivity index (χ4v) is 3.15. The maximum Gasteiger partial charge on any atom is 0.211 e. The summed E-state index contributed by atoms with van der Waals surface area (Å²) in [5.74, 6) is 0.373.